The fraction of sp³-hybridized carbons (Fsp3) is 0.0952. The van der Waals surface area contributed by atoms with Crippen molar-refractivity contribution in [2.24, 2.45) is 5.73 Å². The monoisotopic (exact) mass is 365 g/mol. The largest absolute Gasteiger partial charge is 0.496 e. The molecule has 0 spiro atoms. The lowest BCUT2D eigenvalue weighted by Gasteiger charge is -2.15. The minimum atomic E-state index is -0.522. The number of amides is 1. The molecule has 1 unspecified atom stereocenters. The first-order chi connectivity index (χ1) is 12.6. The van der Waals surface area contributed by atoms with Gasteiger partial charge < -0.3 is 15.2 Å². The number of primary amides is 1. The summed E-state index contributed by atoms with van der Waals surface area (Å²) in [5.74, 6) is 1.46. The van der Waals surface area contributed by atoms with Gasteiger partial charge >= 0.3 is 0 Å². The van der Waals surface area contributed by atoms with Gasteiger partial charge in [-0.3, -0.25) is 4.79 Å². The van der Waals surface area contributed by atoms with E-state index in [1.807, 2.05) is 60.7 Å². The van der Waals surface area contributed by atoms with Gasteiger partial charge in [-0.05, 0) is 47.5 Å². The molecule has 1 atom stereocenters. The highest BCUT2D eigenvalue weighted by Crippen LogP contribution is 2.33. The Labute approximate surface area is 158 Å². The molecule has 0 heterocycles. The van der Waals surface area contributed by atoms with Crippen molar-refractivity contribution in [1.82, 2.24) is 0 Å². The van der Waals surface area contributed by atoms with Crippen LogP contribution in [0.1, 0.15) is 26.7 Å². The minimum absolute atomic E-state index is 0.170. The molecular weight excluding hydrogens is 346 g/mol. The van der Waals surface area contributed by atoms with E-state index in [0.29, 0.717) is 11.3 Å². The van der Waals surface area contributed by atoms with E-state index in [9.17, 15) is 4.79 Å². The number of carbonyl (C=O) groups excluding carboxylic acids is 1. The smallest absolute Gasteiger partial charge is 0.252 e. The Morgan fingerprint density at radius 3 is 2.15 bits per heavy atom. The first-order valence-corrected chi connectivity index (χ1v) is 8.59. The molecule has 4 nitrogen and oxygen atoms in total. The van der Waals surface area contributed by atoms with E-state index in [2.05, 4.69) is 0 Å². The third-order valence-corrected chi connectivity index (χ3v) is 4.58. The Morgan fingerprint density at radius 2 is 1.54 bits per heavy atom. The van der Waals surface area contributed by atoms with Crippen LogP contribution in [0.3, 0.4) is 0 Å². The maximum atomic E-state index is 11.4. The molecule has 0 aliphatic heterocycles. The number of carbonyl (C=O) groups is 1. The molecule has 0 radical (unpaired) electrons. The molecule has 5 heteroatoms. The molecule has 0 aliphatic carbocycles. The van der Waals surface area contributed by atoms with Gasteiger partial charge in [0.2, 0.25) is 0 Å². The predicted molar refractivity (Wildman–Crippen MR) is 105 cm³/mol. The molecule has 0 aliphatic rings. The second kappa shape index (κ2) is 7.97. The highest BCUT2D eigenvalue weighted by molar-refractivity contribution is 7.80. The molecule has 0 fully saturated rings. The van der Waals surface area contributed by atoms with E-state index < -0.39 is 5.91 Å². The zero-order valence-corrected chi connectivity index (χ0v) is 15.1. The summed E-state index contributed by atoms with van der Waals surface area (Å²) >= 11 is 4.70. The van der Waals surface area contributed by atoms with Crippen LogP contribution in [0, 0.1) is 0 Å². The highest BCUT2D eigenvalue weighted by Gasteiger charge is 2.15. The fourth-order valence-corrected chi connectivity index (χ4v) is 2.95. The van der Waals surface area contributed by atoms with E-state index >= 15 is 0 Å². The summed E-state index contributed by atoms with van der Waals surface area (Å²) in [7, 11) is 1.51. The average Bonchev–Trinajstić information content (AvgIpc) is 2.68. The number of hydrogen-bond acceptors (Lipinski definition) is 4. The minimum Gasteiger partial charge on any atom is -0.496 e. The molecule has 3 aromatic carbocycles. The van der Waals surface area contributed by atoms with Crippen molar-refractivity contribution in [2.75, 3.05) is 7.11 Å². The Kier molecular flexibility index (Phi) is 5.49. The lowest BCUT2D eigenvalue weighted by molar-refractivity contribution is 0.0997. The van der Waals surface area contributed by atoms with Crippen LogP contribution in [0.25, 0.3) is 0 Å². The molecule has 132 valence electrons. The van der Waals surface area contributed by atoms with E-state index in [1.54, 1.807) is 12.1 Å². The topological polar surface area (TPSA) is 61.6 Å². The number of methoxy groups -OCH3 is 1. The SMILES string of the molecule is COc1cc(C(S)c2ccc(Oc3ccccc3)cc2)ccc1C(N)=O. The van der Waals surface area contributed by atoms with E-state index in [-0.39, 0.29) is 5.25 Å². The number of rotatable bonds is 6. The Balaban J connectivity index is 1.79. The summed E-state index contributed by atoms with van der Waals surface area (Å²) < 4.78 is 11.1. The number of nitrogens with two attached hydrogens (primary N) is 1. The van der Waals surface area contributed by atoms with Crippen LogP contribution in [0.15, 0.2) is 72.8 Å². The predicted octanol–water partition coefficient (Wildman–Crippen LogP) is 4.61. The summed E-state index contributed by atoms with van der Waals surface area (Å²) in [5.41, 5.74) is 7.62. The van der Waals surface area contributed by atoms with Crippen molar-refractivity contribution in [2.45, 2.75) is 5.25 Å². The third-order valence-electron chi connectivity index (χ3n) is 3.98. The first-order valence-electron chi connectivity index (χ1n) is 8.07. The van der Waals surface area contributed by atoms with Gasteiger partial charge in [0.05, 0.1) is 17.9 Å². The lowest BCUT2D eigenvalue weighted by atomic mass is 10.0. The van der Waals surface area contributed by atoms with Crippen molar-refractivity contribution in [3.63, 3.8) is 0 Å². The molecule has 0 saturated heterocycles. The van der Waals surface area contributed by atoms with E-state index in [1.165, 1.54) is 7.11 Å². The summed E-state index contributed by atoms with van der Waals surface area (Å²) in [5, 5.41) is -0.170. The number of ether oxygens (including phenoxy) is 2. The Bertz CT molecular complexity index is 895. The maximum Gasteiger partial charge on any atom is 0.252 e. The number of para-hydroxylation sites is 1. The zero-order chi connectivity index (χ0) is 18.5. The summed E-state index contributed by atoms with van der Waals surface area (Å²) in [6.07, 6.45) is 0. The molecule has 26 heavy (non-hydrogen) atoms. The quantitative estimate of drug-likeness (QED) is 0.627. The van der Waals surface area contributed by atoms with Crippen molar-refractivity contribution < 1.29 is 14.3 Å². The molecule has 0 bridgehead atoms. The summed E-state index contributed by atoms with van der Waals surface area (Å²) in [4.78, 5) is 11.4. The molecule has 0 aromatic heterocycles. The van der Waals surface area contributed by atoms with Gasteiger partial charge in [0.1, 0.15) is 17.2 Å². The molecule has 3 aromatic rings. The molecule has 3 rings (SSSR count). The molecule has 0 saturated carbocycles. The molecule has 1 amide bonds. The molecule has 2 N–H and O–H groups in total. The van der Waals surface area contributed by atoms with Crippen LogP contribution in [0.4, 0.5) is 0 Å². The first kappa shape index (κ1) is 17.9. The van der Waals surface area contributed by atoms with Crippen LogP contribution in [0.2, 0.25) is 0 Å². The second-order valence-corrected chi connectivity index (χ2v) is 6.23. The van der Waals surface area contributed by atoms with Crippen LogP contribution in [-0.2, 0) is 0 Å². The van der Waals surface area contributed by atoms with Gasteiger partial charge in [-0.15, -0.1) is 0 Å². The number of benzene rings is 3. The van der Waals surface area contributed by atoms with Crippen molar-refractivity contribution in [3.05, 3.63) is 89.5 Å². The van der Waals surface area contributed by atoms with Gasteiger partial charge in [0, 0.05) is 0 Å². The third kappa shape index (κ3) is 4.00. The second-order valence-electron chi connectivity index (χ2n) is 5.71. The number of thiol groups is 1. The molecular formula is C21H19NO3S. The van der Waals surface area contributed by atoms with Gasteiger partial charge in [-0.1, -0.05) is 36.4 Å². The van der Waals surface area contributed by atoms with Gasteiger partial charge in [-0.2, -0.15) is 12.6 Å². The maximum absolute atomic E-state index is 11.4. The van der Waals surface area contributed by atoms with Crippen LogP contribution in [-0.4, -0.2) is 13.0 Å². The van der Waals surface area contributed by atoms with Gasteiger partial charge in [-0.25, -0.2) is 0 Å². The normalized spacial score (nSPS) is 11.6. The van der Waals surface area contributed by atoms with Crippen molar-refractivity contribution >= 4 is 18.5 Å². The van der Waals surface area contributed by atoms with Crippen LogP contribution < -0.4 is 15.2 Å². The summed E-state index contributed by atoms with van der Waals surface area (Å²) in [6.45, 7) is 0. The van der Waals surface area contributed by atoms with Gasteiger partial charge in [0.15, 0.2) is 0 Å². The Morgan fingerprint density at radius 1 is 0.923 bits per heavy atom. The average molecular weight is 365 g/mol. The van der Waals surface area contributed by atoms with E-state index in [0.717, 1.165) is 22.6 Å². The number of hydrogen-bond donors (Lipinski definition) is 2. The van der Waals surface area contributed by atoms with Gasteiger partial charge in [0.25, 0.3) is 5.91 Å². The fourth-order valence-electron chi connectivity index (χ4n) is 2.62. The van der Waals surface area contributed by atoms with Crippen LogP contribution >= 0.6 is 12.6 Å². The standard InChI is InChI=1S/C21H19NO3S/c1-24-19-13-15(9-12-18(19)21(22)23)20(26)14-7-10-17(11-8-14)25-16-5-3-2-4-6-16/h2-13,20,26H,1H3,(H2,22,23). The van der Waals surface area contributed by atoms with E-state index in [4.69, 9.17) is 27.8 Å². The summed E-state index contributed by atoms with van der Waals surface area (Å²) in [6, 6.07) is 22.6. The van der Waals surface area contributed by atoms with Crippen molar-refractivity contribution in [3.8, 4) is 17.2 Å². The Hall–Kier alpha value is -2.92. The van der Waals surface area contributed by atoms with Crippen molar-refractivity contribution in [1.29, 1.82) is 0 Å². The van der Waals surface area contributed by atoms with Crippen LogP contribution in [0.5, 0.6) is 17.2 Å². The highest BCUT2D eigenvalue weighted by atomic mass is 32.1. The zero-order valence-electron chi connectivity index (χ0n) is 14.3. The lowest BCUT2D eigenvalue weighted by Crippen LogP contribution is -2.12.